The number of rotatable bonds is 3. The van der Waals surface area contributed by atoms with Crippen LogP contribution in [0.15, 0.2) is 0 Å². The monoisotopic (exact) mass is 154 g/mol. The van der Waals surface area contributed by atoms with Crippen molar-refractivity contribution in [1.82, 2.24) is 20.2 Å². The third-order valence-electron chi connectivity index (χ3n) is 1.52. The lowest BCUT2D eigenvalue weighted by atomic mass is 10.3. The zero-order valence-corrected chi connectivity index (χ0v) is 7.28. The number of tetrazole rings is 1. The molecule has 1 aromatic rings. The summed E-state index contributed by atoms with van der Waals surface area (Å²) >= 11 is 0. The molecular formula is C7H14N4. The Bertz CT molecular complexity index is 216. The zero-order valence-electron chi connectivity index (χ0n) is 7.28. The van der Waals surface area contributed by atoms with E-state index in [2.05, 4.69) is 36.3 Å². The molecule has 0 aromatic carbocycles. The zero-order chi connectivity index (χ0) is 8.27. The van der Waals surface area contributed by atoms with Gasteiger partial charge in [-0.15, -0.1) is 5.10 Å². The second-order valence-corrected chi connectivity index (χ2v) is 2.88. The second kappa shape index (κ2) is 3.46. The van der Waals surface area contributed by atoms with Gasteiger partial charge in [0.1, 0.15) is 0 Å². The molecule has 0 radical (unpaired) electrons. The van der Waals surface area contributed by atoms with Crippen LogP contribution >= 0.6 is 0 Å². The summed E-state index contributed by atoms with van der Waals surface area (Å²) in [6.45, 7) is 6.28. The molecule has 62 valence electrons. The Morgan fingerprint density at radius 2 is 2.18 bits per heavy atom. The van der Waals surface area contributed by atoms with E-state index in [0.29, 0.717) is 6.04 Å². The topological polar surface area (TPSA) is 43.6 Å². The molecule has 0 saturated heterocycles. The first-order valence-corrected chi connectivity index (χ1v) is 4.02. The average molecular weight is 154 g/mol. The summed E-state index contributed by atoms with van der Waals surface area (Å²) in [6.07, 6.45) is 2.05. The van der Waals surface area contributed by atoms with E-state index in [1.165, 1.54) is 0 Å². The predicted molar refractivity (Wildman–Crippen MR) is 42.2 cm³/mol. The summed E-state index contributed by atoms with van der Waals surface area (Å²) in [5, 5.41) is 11.4. The molecule has 1 aromatic heterocycles. The van der Waals surface area contributed by atoms with E-state index in [0.717, 1.165) is 18.7 Å². The standard InChI is InChI=1S/C7H14N4/c1-4-5-7-8-9-10-11(7)6(2)3/h6H,4-5H2,1-3H3. The first-order chi connectivity index (χ1) is 5.25. The van der Waals surface area contributed by atoms with Gasteiger partial charge in [-0.3, -0.25) is 0 Å². The first-order valence-electron chi connectivity index (χ1n) is 4.02. The van der Waals surface area contributed by atoms with Crippen LogP contribution in [0.2, 0.25) is 0 Å². The van der Waals surface area contributed by atoms with Gasteiger partial charge in [-0.05, 0) is 30.7 Å². The summed E-state index contributed by atoms with van der Waals surface area (Å²) < 4.78 is 1.86. The smallest absolute Gasteiger partial charge is 0.151 e. The highest BCUT2D eigenvalue weighted by molar-refractivity contribution is 4.81. The van der Waals surface area contributed by atoms with Crippen molar-refractivity contribution in [2.45, 2.75) is 39.7 Å². The molecule has 4 heteroatoms. The Labute approximate surface area is 66.6 Å². The van der Waals surface area contributed by atoms with Gasteiger partial charge in [-0.1, -0.05) is 6.92 Å². The van der Waals surface area contributed by atoms with Crippen LogP contribution in [0.5, 0.6) is 0 Å². The third kappa shape index (κ3) is 1.76. The minimum Gasteiger partial charge on any atom is -0.227 e. The van der Waals surface area contributed by atoms with E-state index < -0.39 is 0 Å². The van der Waals surface area contributed by atoms with Crippen molar-refractivity contribution >= 4 is 0 Å². The summed E-state index contributed by atoms with van der Waals surface area (Å²) in [5.74, 6) is 0.988. The number of nitrogens with zero attached hydrogens (tertiary/aromatic N) is 4. The lowest BCUT2D eigenvalue weighted by molar-refractivity contribution is 0.492. The van der Waals surface area contributed by atoms with Crippen LogP contribution in [0.1, 0.15) is 39.1 Å². The Kier molecular flexibility index (Phi) is 2.57. The minimum atomic E-state index is 0.367. The van der Waals surface area contributed by atoms with Crippen LogP contribution in [0.25, 0.3) is 0 Å². The first kappa shape index (κ1) is 8.17. The fourth-order valence-corrected chi connectivity index (χ4v) is 1.00. The largest absolute Gasteiger partial charge is 0.227 e. The van der Waals surface area contributed by atoms with Gasteiger partial charge in [-0.25, -0.2) is 4.68 Å². The molecule has 0 saturated carbocycles. The number of hydrogen-bond donors (Lipinski definition) is 0. The highest BCUT2D eigenvalue weighted by Crippen LogP contribution is 2.05. The Hall–Kier alpha value is -0.930. The van der Waals surface area contributed by atoms with Crippen molar-refractivity contribution in [2.24, 2.45) is 0 Å². The maximum Gasteiger partial charge on any atom is 0.151 e. The minimum absolute atomic E-state index is 0.367. The maximum absolute atomic E-state index is 3.93. The fraction of sp³-hybridized carbons (Fsp3) is 0.857. The third-order valence-corrected chi connectivity index (χ3v) is 1.52. The van der Waals surface area contributed by atoms with Crippen LogP contribution in [-0.4, -0.2) is 20.2 Å². The maximum atomic E-state index is 3.93. The quantitative estimate of drug-likeness (QED) is 0.657. The molecular weight excluding hydrogens is 140 g/mol. The van der Waals surface area contributed by atoms with Crippen LogP contribution in [0, 0.1) is 0 Å². The molecule has 0 atom stereocenters. The van der Waals surface area contributed by atoms with E-state index in [4.69, 9.17) is 0 Å². The van der Waals surface area contributed by atoms with Crippen LogP contribution in [0.3, 0.4) is 0 Å². The molecule has 1 heterocycles. The van der Waals surface area contributed by atoms with Crippen LogP contribution in [-0.2, 0) is 6.42 Å². The summed E-state index contributed by atoms with van der Waals surface area (Å²) in [5.41, 5.74) is 0. The molecule has 0 aliphatic carbocycles. The molecule has 0 amide bonds. The molecule has 0 aliphatic rings. The van der Waals surface area contributed by atoms with E-state index in [-0.39, 0.29) is 0 Å². The van der Waals surface area contributed by atoms with Gasteiger partial charge < -0.3 is 0 Å². The molecule has 0 bridgehead atoms. The molecule has 0 N–H and O–H groups in total. The van der Waals surface area contributed by atoms with Gasteiger partial charge in [0.05, 0.1) is 6.04 Å². The molecule has 0 fully saturated rings. The molecule has 1 rings (SSSR count). The lowest BCUT2D eigenvalue weighted by Gasteiger charge is -2.05. The SMILES string of the molecule is CCCc1nnnn1C(C)C. The molecule has 11 heavy (non-hydrogen) atoms. The van der Waals surface area contributed by atoms with Gasteiger partial charge in [-0.2, -0.15) is 0 Å². The molecule has 4 nitrogen and oxygen atoms in total. The van der Waals surface area contributed by atoms with Gasteiger partial charge >= 0.3 is 0 Å². The van der Waals surface area contributed by atoms with E-state index in [1.54, 1.807) is 0 Å². The van der Waals surface area contributed by atoms with Crippen LogP contribution < -0.4 is 0 Å². The van der Waals surface area contributed by atoms with Crippen molar-refractivity contribution in [2.75, 3.05) is 0 Å². The van der Waals surface area contributed by atoms with Gasteiger partial charge in [0.15, 0.2) is 5.82 Å². The predicted octanol–water partition coefficient (Wildman–Crippen LogP) is 1.21. The average Bonchev–Trinajstić information content (AvgIpc) is 2.36. The van der Waals surface area contributed by atoms with Crippen molar-refractivity contribution in [3.05, 3.63) is 5.82 Å². The highest BCUT2D eigenvalue weighted by Gasteiger charge is 2.06. The highest BCUT2D eigenvalue weighted by atomic mass is 15.5. The molecule has 0 spiro atoms. The Morgan fingerprint density at radius 1 is 1.45 bits per heavy atom. The second-order valence-electron chi connectivity index (χ2n) is 2.88. The lowest BCUT2D eigenvalue weighted by Crippen LogP contribution is -2.07. The summed E-state index contributed by atoms with van der Waals surface area (Å²) in [6, 6.07) is 0.367. The van der Waals surface area contributed by atoms with E-state index >= 15 is 0 Å². The van der Waals surface area contributed by atoms with Gasteiger partial charge in [0.2, 0.25) is 0 Å². The molecule has 0 unspecified atom stereocenters. The fourth-order valence-electron chi connectivity index (χ4n) is 1.00. The van der Waals surface area contributed by atoms with E-state index in [9.17, 15) is 0 Å². The summed E-state index contributed by atoms with van der Waals surface area (Å²) in [7, 11) is 0. The van der Waals surface area contributed by atoms with Crippen molar-refractivity contribution in [1.29, 1.82) is 0 Å². The number of aromatic nitrogens is 4. The van der Waals surface area contributed by atoms with Crippen molar-refractivity contribution in [3.8, 4) is 0 Å². The normalized spacial score (nSPS) is 10.9. The number of aryl methyl sites for hydroxylation is 1. The van der Waals surface area contributed by atoms with Gasteiger partial charge in [0.25, 0.3) is 0 Å². The van der Waals surface area contributed by atoms with Crippen LogP contribution in [0.4, 0.5) is 0 Å². The number of hydrogen-bond acceptors (Lipinski definition) is 3. The van der Waals surface area contributed by atoms with Crippen molar-refractivity contribution in [3.63, 3.8) is 0 Å². The summed E-state index contributed by atoms with van der Waals surface area (Å²) in [4.78, 5) is 0. The van der Waals surface area contributed by atoms with E-state index in [1.807, 2.05) is 4.68 Å². The molecule has 0 aliphatic heterocycles. The van der Waals surface area contributed by atoms with Crippen molar-refractivity contribution < 1.29 is 0 Å². The van der Waals surface area contributed by atoms with Gasteiger partial charge in [0, 0.05) is 6.42 Å². The Morgan fingerprint density at radius 3 is 2.73 bits per heavy atom. The Balaban J connectivity index is 2.78.